The van der Waals surface area contributed by atoms with Crippen molar-refractivity contribution in [3.63, 3.8) is 0 Å². The molecule has 1 heterocycles. The second-order valence-electron chi connectivity index (χ2n) is 8.20. The van der Waals surface area contributed by atoms with Crippen LogP contribution in [0.2, 0.25) is 10.0 Å². The number of hydrogen-bond acceptors (Lipinski definition) is 5. The van der Waals surface area contributed by atoms with Crippen LogP contribution in [0.15, 0.2) is 70.2 Å². The predicted molar refractivity (Wildman–Crippen MR) is 136 cm³/mol. The Morgan fingerprint density at radius 3 is 2.66 bits per heavy atom. The predicted octanol–water partition coefficient (Wildman–Crippen LogP) is 6.74. The summed E-state index contributed by atoms with van der Waals surface area (Å²) in [7, 11) is 0. The van der Waals surface area contributed by atoms with Crippen molar-refractivity contribution in [3.05, 3.63) is 98.9 Å². The summed E-state index contributed by atoms with van der Waals surface area (Å²) in [5, 5.41) is 6.81. The van der Waals surface area contributed by atoms with Crippen LogP contribution in [-0.4, -0.2) is 17.6 Å². The van der Waals surface area contributed by atoms with Gasteiger partial charge in [-0.3, -0.25) is 4.79 Å². The lowest BCUT2D eigenvalue weighted by atomic mass is 9.93. The first-order valence-electron chi connectivity index (χ1n) is 11.1. The number of hydrazone groups is 1. The van der Waals surface area contributed by atoms with Gasteiger partial charge in [-0.1, -0.05) is 59.6 Å². The normalized spacial score (nSPS) is 14.1. The van der Waals surface area contributed by atoms with Crippen molar-refractivity contribution in [2.75, 3.05) is 0 Å². The summed E-state index contributed by atoms with van der Waals surface area (Å²) in [6, 6.07) is 17.9. The maximum Gasteiger partial charge on any atom is 0.379 e. The molecule has 0 bridgehead atoms. The summed E-state index contributed by atoms with van der Waals surface area (Å²) < 4.78 is 11.7. The number of ether oxygens (including phenoxy) is 1. The molecule has 0 radical (unpaired) electrons. The van der Waals surface area contributed by atoms with Gasteiger partial charge in [0.25, 0.3) is 5.91 Å². The third-order valence-electron chi connectivity index (χ3n) is 5.93. The lowest BCUT2D eigenvalue weighted by molar-refractivity contribution is 0.0700. The molecule has 6 nitrogen and oxygen atoms in total. The van der Waals surface area contributed by atoms with Gasteiger partial charge in [0.1, 0.15) is 11.5 Å². The van der Waals surface area contributed by atoms with E-state index in [1.54, 1.807) is 19.1 Å². The SMILES string of the molecule is Cc1c(C(=O)Oc2cccc3ccccc23)oc2c1/C(=N/NC(=O)c1ccc(Cl)cc1Cl)CCC2. The van der Waals surface area contributed by atoms with E-state index in [0.29, 0.717) is 40.6 Å². The van der Waals surface area contributed by atoms with E-state index in [2.05, 4.69) is 10.5 Å². The molecule has 0 saturated heterocycles. The summed E-state index contributed by atoms with van der Waals surface area (Å²) in [6.07, 6.45) is 2.06. The first-order chi connectivity index (χ1) is 16.9. The Labute approximate surface area is 211 Å². The van der Waals surface area contributed by atoms with Gasteiger partial charge in [-0.05, 0) is 49.4 Å². The summed E-state index contributed by atoms with van der Waals surface area (Å²) in [5.74, 6) is 0.205. The van der Waals surface area contributed by atoms with Crippen molar-refractivity contribution in [1.29, 1.82) is 0 Å². The van der Waals surface area contributed by atoms with Crippen LogP contribution < -0.4 is 10.2 Å². The number of hydrogen-bond donors (Lipinski definition) is 1. The average molecular weight is 507 g/mol. The van der Waals surface area contributed by atoms with Gasteiger partial charge < -0.3 is 9.15 Å². The van der Waals surface area contributed by atoms with Crippen molar-refractivity contribution < 1.29 is 18.7 Å². The molecule has 0 spiro atoms. The van der Waals surface area contributed by atoms with Gasteiger partial charge in [0, 0.05) is 28.0 Å². The minimum atomic E-state index is -0.579. The number of esters is 1. The molecule has 0 saturated carbocycles. The van der Waals surface area contributed by atoms with Crippen LogP contribution in [0.4, 0.5) is 0 Å². The Bertz CT molecular complexity index is 1500. The lowest BCUT2D eigenvalue weighted by Gasteiger charge is -2.13. The quantitative estimate of drug-likeness (QED) is 0.189. The molecular weight excluding hydrogens is 487 g/mol. The third-order valence-corrected chi connectivity index (χ3v) is 6.48. The number of aryl methyl sites for hydroxylation is 1. The Morgan fingerprint density at radius 1 is 1.03 bits per heavy atom. The minimum Gasteiger partial charge on any atom is -0.453 e. The molecule has 35 heavy (non-hydrogen) atoms. The van der Waals surface area contributed by atoms with Crippen LogP contribution in [0.3, 0.4) is 0 Å². The molecule has 1 aromatic heterocycles. The number of nitrogens with one attached hydrogen (secondary N) is 1. The zero-order valence-corrected chi connectivity index (χ0v) is 20.2. The van der Waals surface area contributed by atoms with Crippen molar-refractivity contribution in [2.45, 2.75) is 26.2 Å². The number of fused-ring (bicyclic) bond motifs is 2. The number of benzene rings is 3. The lowest BCUT2D eigenvalue weighted by Crippen LogP contribution is -2.22. The summed E-state index contributed by atoms with van der Waals surface area (Å²) in [5.41, 5.74) is 4.81. The van der Waals surface area contributed by atoms with Crippen molar-refractivity contribution >= 4 is 51.6 Å². The van der Waals surface area contributed by atoms with Crippen LogP contribution in [-0.2, 0) is 6.42 Å². The molecular formula is C27H20Cl2N2O4. The fraction of sp³-hybridized carbons (Fsp3) is 0.148. The van der Waals surface area contributed by atoms with Gasteiger partial charge in [-0.25, -0.2) is 10.2 Å². The fourth-order valence-corrected chi connectivity index (χ4v) is 4.75. The smallest absolute Gasteiger partial charge is 0.379 e. The largest absolute Gasteiger partial charge is 0.453 e. The Morgan fingerprint density at radius 2 is 1.83 bits per heavy atom. The molecule has 8 heteroatoms. The van der Waals surface area contributed by atoms with Crippen molar-refractivity contribution in [1.82, 2.24) is 5.43 Å². The molecule has 0 aliphatic heterocycles. The summed E-state index contributed by atoms with van der Waals surface area (Å²) >= 11 is 12.0. The Kier molecular flexibility index (Phi) is 6.32. The monoisotopic (exact) mass is 506 g/mol. The highest BCUT2D eigenvalue weighted by Gasteiger charge is 2.29. The highest BCUT2D eigenvalue weighted by Crippen LogP contribution is 2.32. The van der Waals surface area contributed by atoms with E-state index in [4.69, 9.17) is 32.4 Å². The number of carbonyl (C=O) groups is 2. The molecule has 1 aliphatic rings. The highest BCUT2D eigenvalue weighted by molar-refractivity contribution is 6.36. The Balaban J connectivity index is 1.41. The minimum absolute atomic E-state index is 0.129. The molecule has 0 unspecified atom stereocenters. The standard InChI is InChI=1S/C27H20Cl2N2O4/c1-15-24-21(30-31-26(32)19-13-12-17(28)14-20(19)29)9-5-11-23(24)34-25(15)27(33)35-22-10-4-7-16-6-2-3-8-18(16)22/h2-4,6-8,10,12-14H,5,9,11H2,1H3,(H,31,32)/b30-21+. The average Bonchev–Trinajstić information content (AvgIpc) is 3.20. The van der Waals surface area contributed by atoms with Gasteiger partial charge in [0.05, 0.1) is 16.3 Å². The van der Waals surface area contributed by atoms with Gasteiger partial charge in [0.15, 0.2) is 0 Å². The maximum atomic E-state index is 13.1. The van der Waals surface area contributed by atoms with Crippen molar-refractivity contribution in [3.8, 4) is 5.75 Å². The number of furan rings is 1. The zero-order chi connectivity index (χ0) is 24.5. The van der Waals surface area contributed by atoms with Crippen LogP contribution >= 0.6 is 23.2 Å². The van der Waals surface area contributed by atoms with Crippen LogP contribution in [0.5, 0.6) is 5.75 Å². The molecule has 176 valence electrons. The number of rotatable bonds is 4. The zero-order valence-electron chi connectivity index (χ0n) is 18.7. The maximum absolute atomic E-state index is 13.1. The molecule has 5 rings (SSSR count). The number of nitrogens with zero attached hydrogens (tertiary/aromatic N) is 1. The van der Waals surface area contributed by atoms with E-state index < -0.39 is 11.9 Å². The third kappa shape index (κ3) is 4.55. The Hall–Kier alpha value is -3.61. The number of halogens is 2. The first kappa shape index (κ1) is 23.1. The molecule has 0 fully saturated rings. The van der Waals surface area contributed by atoms with E-state index in [-0.39, 0.29) is 16.3 Å². The summed E-state index contributed by atoms with van der Waals surface area (Å²) in [6.45, 7) is 1.79. The molecule has 1 aliphatic carbocycles. The van der Waals surface area contributed by atoms with Gasteiger partial charge in [-0.15, -0.1) is 0 Å². The van der Waals surface area contributed by atoms with Crippen LogP contribution in [0.1, 0.15) is 50.6 Å². The number of carbonyl (C=O) groups excluding carboxylic acids is 2. The molecule has 0 atom stereocenters. The summed E-state index contributed by atoms with van der Waals surface area (Å²) in [4.78, 5) is 25.7. The second kappa shape index (κ2) is 9.56. The van der Waals surface area contributed by atoms with E-state index in [0.717, 1.165) is 22.8 Å². The van der Waals surface area contributed by atoms with Crippen LogP contribution in [0.25, 0.3) is 10.8 Å². The van der Waals surface area contributed by atoms with Gasteiger partial charge in [-0.2, -0.15) is 5.10 Å². The van der Waals surface area contributed by atoms with Gasteiger partial charge in [0.2, 0.25) is 5.76 Å². The fourth-order valence-electron chi connectivity index (χ4n) is 4.26. The van der Waals surface area contributed by atoms with E-state index in [1.165, 1.54) is 12.1 Å². The van der Waals surface area contributed by atoms with E-state index in [1.807, 2.05) is 36.4 Å². The first-order valence-corrected chi connectivity index (χ1v) is 11.8. The van der Waals surface area contributed by atoms with Crippen molar-refractivity contribution in [2.24, 2.45) is 5.10 Å². The second-order valence-corrected chi connectivity index (χ2v) is 9.04. The van der Waals surface area contributed by atoms with E-state index >= 15 is 0 Å². The van der Waals surface area contributed by atoms with Gasteiger partial charge >= 0.3 is 5.97 Å². The molecule has 1 amide bonds. The van der Waals surface area contributed by atoms with E-state index in [9.17, 15) is 9.59 Å². The molecule has 4 aromatic rings. The van der Waals surface area contributed by atoms with Crippen LogP contribution in [0, 0.1) is 6.92 Å². The molecule has 1 N–H and O–H groups in total. The number of amides is 1. The topological polar surface area (TPSA) is 80.9 Å². The highest BCUT2D eigenvalue weighted by atomic mass is 35.5. The molecule has 3 aromatic carbocycles.